The summed E-state index contributed by atoms with van der Waals surface area (Å²) in [7, 11) is 0. The molecule has 1 aliphatic heterocycles. The summed E-state index contributed by atoms with van der Waals surface area (Å²) >= 11 is 0. The van der Waals surface area contributed by atoms with E-state index in [9.17, 15) is 9.90 Å². The topological polar surface area (TPSA) is 52.6 Å². The van der Waals surface area contributed by atoms with Crippen molar-refractivity contribution >= 4 is 5.97 Å². The van der Waals surface area contributed by atoms with Gasteiger partial charge in [-0.25, -0.2) is 0 Å². The van der Waals surface area contributed by atoms with Crippen molar-refractivity contribution in [1.82, 2.24) is 10.2 Å². The lowest BCUT2D eigenvalue weighted by Crippen LogP contribution is -2.52. The summed E-state index contributed by atoms with van der Waals surface area (Å²) in [5, 5.41) is 12.6. The first-order chi connectivity index (χ1) is 9.74. The van der Waals surface area contributed by atoms with Crippen LogP contribution in [0.1, 0.15) is 66.7 Å². The zero-order chi connectivity index (χ0) is 16.0. The molecule has 4 heteroatoms. The third-order valence-electron chi connectivity index (χ3n) is 4.73. The van der Waals surface area contributed by atoms with Gasteiger partial charge in [0.15, 0.2) is 0 Å². The van der Waals surface area contributed by atoms with Crippen molar-refractivity contribution in [3.8, 4) is 0 Å². The Morgan fingerprint density at radius 2 is 2.05 bits per heavy atom. The minimum absolute atomic E-state index is 0.190. The maximum Gasteiger partial charge on any atom is 0.323 e. The molecule has 1 fully saturated rings. The number of hydrogen-bond acceptors (Lipinski definition) is 3. The number of hydrogen-bond donors (Lipinski definition) is 2. The van der Waals surface area contributed by atoms with Crippen molar-refractivity contribution in [3.05, 3.63) is 0 Å². The lowest BCUT2D eigenvalue weighted by Gasteiger charge is -2.36. The highest BCUT2D eigenvalue weighted by Gasteiger charge is 2.32. The molecule has 0 spiro atoms. The molecule has 1 rings (SSSR count). The van der Waals surface area contributed by atoms with E-state index < -0.39 is 11.5 Å². The highest BCUT2D eigenvalue weighted by Crippen LogP contribution is 2.23. The third-order valence-corrected chi connectivity index (χ3v) is 4.73. The maximum atomic E-state index is 11.5. The van der Waals surface area contributed by atoms with Crippen LogP contribution in [0, 0.1) is 5.92 Å². The number of nitrogens with one attached hydrogen (secondary N) is 1. The van der Waals surface area contributed by atoms with Gasteiger partial charge in [0, 0.05) is 12.1 Å². The van der Waals surface area contributed by atoms with Crippen LogP contribution in [0.4, 0.5) is 0 Å². The van der Waals surface area contributed by atoms with Crippen molar-refractivity contribution in [3.63, 3.8) is 0 Å². The molecule has 1 heterocycles. The van der Waals surface area contributed by atoms with Crippen LogP contribution in [0.2, 0.25) is 0 Å². The second-order valence-electron chi connectivity index (χ2n) is 7.41. The van der Waals surface area contributed by atoms with E-state index in [1.165, 1.54) is 19.4 Å². The Balaban J connectivity index is 2.33. The fourth-order valence-corrected chi connectivity index (χ4v) is 3.46. The molecule has 0 aromatic carbocycles. The molecule has 1 saturated heterocycles. The maximum absolute atomic E-state index is 11.5. The Hall–Kier alpha value is -0.610. The average molecular weight is 298 g/mol. The fraction of sp³-hybridized carbons (Fsp3) is 0.941. The zero-order valence-corrected chi connectivity index (χ0v) is 14.5. The second-order valence-corrected chi connectivity index (χ2v) is 7.41. The summed E-state index contributed by atoms with van der Waals surface area (Å²) in [5.74, 6) is 0.109. The van der Waals surface area contributed by atoms with Crippen LogP contribution in [0.5, 0.6) is 0 Å². The molecule has 0 aromatic rings. The molecule has 0 amide bonds. The van der Waals surface area contributed by atoms with Gasteiger partial charge in [0.05, 0.1) is 0 Å². The molecule has 0 radical (unpaired) electrons. The molecule has 4 nitrogen and oxygen atoms in total. The van der Waals surface area contributed by atoms with Gasteiger partial charge in [-0.15, -0.1) is 0 Å². The predicted octanol–water partition coefficient (Wildman–Crippen LogP) is 3.12. The molecule has 0 aliphatic carbocycles. The van der Waals surface area contributed by atoms with Crippen LogP contribution in [0.25, 0.3) is 0 Å². The van der Waals surface area contributed by atoms with Crippen LogP contribution >= 0.6 is 0 Å². The van der Waals surface area contributed by atoms with Gasteiger partial charge in [0.25, 0.3) is 0 Å². The van der Waals surface area contributed by atoms with Gasteiger partial charge >= 0.3 is 5.97 Å². The van der Waals surface area contributed by atoms with Gasteiger partial charge in [-0.05, 0) is 78.8 Å². The van der Waals surface area contributed by atoms with Gasteiger partial charge in [-0.2, -0.15) is 0 Å². The third kappa shape index (κ3) is 5.95. The van der Waals surface area contributed by atoms with Crippen molar-refractivity contribution in [2.75, 3.05) is 13.1 Å². The van der Waals surface area contributed by atoms with E-state index in [1.54, 1.807) is 6.92 Å². The molecule has 0 aromatic heterocycles. The van der Waals surface area contributed by atoms with Crippen molar-refractivity contribution in [2.45, 2.75) is 84.3 Å². The molecule has 0 bridgehead atoms. The zero-order valence-electron chi connectivity index (χ0n) is 14.5. The molecular weight excluding hydrogens is 264 g/mol. The van der Waals surface area contributed by atoms with Gasteiger partial charge in [-0.1, -0.05) is 6.92 Å². The van der Waals surface area contributed by atoms with E-state index in [0.29, 0.717) is 12.5 Å². The highest BCUT2D eigenvalue weighted by atomic mass is 16.4. The Morgan fingerprint density at radius 1 is 1.38 bits per heavy atom. The Kier molecular flexibility index (Phi) is 7.14. The van der Waals surface area contributed by atoms with E-state index >= 15 is 0 Å². The van der Waals surface area contributed by atoms with Crippen molar-refractivity contribution < 1.29 is 9.90 Å². The normalized spacial score (nSPS) is 26.8. The average Bonchev–Trinajstić information content (AvgIpc) is 2.35. The quantitative estimate of drug-likeness (QED) is 0.676. The largest absolute Gasteiger partial charge is 0.480 e. The fourth-order valence-electron chi connectivity index (χ4n) is 3.46. The first-order valence-corrected chi connectivity index (χ1v) is 8.49. The van der Waals surface area contributed by atoms with E-state index in [0.717, 1.165) is 25.3 Å². The summed E-state index contributed by atoms with van der Waals surface area (Å²) in [6.07, 6.45) is 5.33. The summed E-state index contributed by atoms with van der Waals surface area (Å²) < 4.78 is 0. The first kappa shape index (κ1) is 18.4. The molecule has 124 valence electrons. The number of carboxylic acids is 1. The summed E-state index contributed by atoms with van der Waals surface area (Å²) in [5.41, 5.74) is -0.795. The lowest BCUT2D eigenvalue weighted by molar-refractivity contribution is -0.144. The van der Waals surface area contributed by atoms with Gasteiger partial charge in [0.2, 0.25) is 0 Å². The second kappa shape index (κ2) is 8.14. The van der Waals surface area contributed by atoms with Gasteiger partial charge in [0.1, 0.15) is 5.54 Å². The predicted molar refractivity (Wildman–Crippen MR) is 87.6 cm³/mol. The molecule has 3 unspecified atom stereocenters. The van der Waals surface area contributed by atoms with Crippen LogP contribution in [0.15, 0.2) is 0 Å². The Bertz CT molecular complexity index is 333. The number of unbranched alkanes of at least 4 members (excludes halogenated alkanes) is 1. The molecule has 0 saturated carbocycles. The number of likely N-dealkylation sites (tertiary alicyclic amines) is 1. The number of piperidine rings is 1. The number of nitrogens with zero attached hydrogens (tertiary/aromatic N) is 1. The SMILES string of the molecule is CC1CCN(CCCCC(C)(NC(C)C)C(=O)O)C(C)C1. The summed E-state index contributed by atoms with van der Waals surface area (Å²) in [4.78, 5) is 14.0. The lowest BCUT2D eigenvalue weighted by atomic mass is 9.92. The number of aliphatic carboxylic acids is 1. The first-order valence-electron chi connectivity index (χ1n) is 8.49. The monoisotopic (exact) mass is 298 g/mol. The molecule has 21 heavy (non-hydrogen) atoms. The number of carboxylic acid groups (broad SMARTS) is 1. The van der Waals surface area contributed by atoms with Crippen molar-refractivity contribution in [2.24, 2.45) is 5.92 Å². The van der Waals surface area contributed by atoms with Crippen LogP contribution in [0.3, 0.4) is 0 Å². The Morgan fingerprint density at radius 3 is 2.57 bits per heavy atom. The van der Waals surface area contributed by atoms with Crippen LogP contribution < -0.4 is 5.32 Å². The molecule has 1 aliphatic rings. The smallest absolute Gasteiger partial charge is 0.323 e. The standard InChI is InChI=1S/C17H34N2O2/c1-13(2)18-17(5,16(20)21)9-6-7-10-19-11-8-14(3)12-15(19)4/h13-15,18H,6-12H2,1-5H3,(H,20,21). The molecular formula is C17H34N2O2. The molecule has 3 atom stereocenters. The van der Waals surface area contributed by atoms with E-state index in [1.807, 2.05) is 13.8 Å². The van der Waals surface area contributed by atoms with Crippen LogP contribution in [-0.4, -0.2) is 46.7 Å². The molecule has 2 N–H and O–H groups in total. The van der Waals surface area contributed by atoms with Gasteiger partial charge < -0.3 is 10.0 Å². The Labute approximate surface area is 130 Å². The number of carbonyl (C=O) groups is 1. The minimum Gasteiger partial charge on any atom is -0.480 e. The van der Waals surface area contributed by atoms with Crippen molar-refractivity contribution in [1.29, 1.82) is 0 Å². The van der Waals surface area contributed by atoms with Crippen LogP contribution in [-0.2, 0) is 4.79 Å². The highest BCUT2D eigenvalue weighted by molar-refractivity contribution is 5.78. The van der Waals surface area contributed by atoms with Gasteiger partial charge in [-0.3, -0.25) is 10.1 Å². The van der Waals surface area contributed by atoms with E-state index in [2.05, 4.69) is 24.1 Å². The van der Waals surface area contributed by atoms with E-state index in [-0.39, 0.29) is 6.04 Å². The number of rotatable bonds is 8. The summed E-state index contributed by atoms with van der Waals surface area (Å²) in [6, 6.07) is 0.864. The minimum atomic E-state index is -0.795. The van der Waals surface area contributed by atoms with E-state index in [4.69, 9.17) is 0 Å². The summed E-state index contributed by atoms with van der Waals surface area (Å²) in [6.45, 7) is 12.8.